The Labute approximate surface area is 80.8 Å². The first-order valence-electron chi connectivity index (χ1n) is 4.14. The molecule has 0 aromatic carbocycles. The zero-order chi connectivity index (χ0) is 10.9. The van der Waals surface area contributed by atoms with E-state index in [0.717, 1.165) is 4.57 Å². The van der Waals surface area contributed by atoms with Crippen LogP contribution >= 0.6 is 0 Å². The molecule has 1 radical (unpaired) electrons. The number of primary amides is 1. The molecule has 3 N–H and O–H groups in total. The average molecular weight is 195 g/mol. The number of aromatic hydroxyl groups is 1. The second kappa shape index (κ2) is 3.53. The van der Waals surface area contributed by atoms with Crippen molar-refractivity contribution >= 4 is 5.91 Å². The third-order valence-electron chi connectivity index (χ3n) is 1.95. The van der Waals surface area contributed by atoms with Crippen molar-refractivity contribution < 1.29 is 9.90 Å². The third kappa shape index (κ3) is 1.48. The van der Waals surface area contributed by atoms with Crippen LogP contribution in [0.1, 0.15) is 22.8 Å². The fourth-order valence-corrected chi connectivity index (χ4v) is 1.27. The highest BCUT2D eigenvalue weighted by molar-refractivity contribution is 5.93. The van der Waals surface area contributed by atoms with Crippen LogP contribution in [0.15, 0.2) is 4.79 Å². The summed E-state index contributed by atoms with van der Waals surface area (Å²) in [6, 6.07) is 2.50. The maximum atomic E-state index is 11.6. The van der Waals surface area contributed by atoms with Crippen LogP contribution in [0.25, 0.3) is 0 Å². The second-order valence-corrected chi connectivity index (χ2v) is 2.86. The van der Waals surface area contributed by atoms with Crippen molar-refractivity contribution in [1.82, 2.24) is 4.57 Å². The molecule has 0 spiro atoms. The summed E-state index contributed by atoms with van der Waals surface area (Å²) in [5, 5.41) is 9.33. The maximum Gasteiger partial charge on any atom is 0.266 e. The summed E-state index contributed by atoms with van der Waals surface area (Å²) in [4.78, 5) is 22.5. The lowest BCUT2D eigenvalue weighted by Crippen LogP contribution is -2.30. The van der Waals surface area contributed by atoms with Crippen LogP contribution in [0.3, 0.4) is 0 Å². The molecule has 14 heavy (non-hydrogen) atoms. The number of rotatable bonds is 2. The van der Waals surface area contributed by atoms with Gasteiger partial charge in [0.05, 0.1) is 6.07 Å². The smallest absolute Gasteiger partial charge is 0.266 e. The van der Waals surface area contributed by atoms with E-state index in [1.54, 1.807) is 6.92 Å². The Balaban J connectivity index is 3.61. The lowest BCUT2D eigenvalue weighted by atomic mass is 10.1. The lowest BCUT2D eigenvalue weighted by molar-refractivity contribution is 0.0997. The van der Waals surface area contributed by atoms with Crippen LogP contribution in [0, 0.1) is 13.0 Å². The Hall–Kier alpha value is -1.78. The summed E-state index contributed by atoms with van der Waals surface area (Å²) in [5.41, 5.74) is 4.61. The minimum absolute atomic E-state index is 0.121. The van der Waals surface area contributed by atoms with Crippen molar-refractivity contribution in [2.45, 2.75) is 20.4 Å². The second-order valence-electron chi connectivity index (χ2n) is 2.86. The van der Waals surface area contributed by atoms with Crippen LogP contribution in [-0.4, -0.2) is 15.6 Å². The van der Waals surface area contributed by atoms with Gasteiger partial charge in [-0.3, -0.25) is 14.2 Å². The van der Waals surface area contributed by atoms with Gasteiger partial charge in [0.1, 0.15) is 5.56 Å². The number of nitrogens with zero attached hydrogens (tertiary/aromatic N) is 1. The molecular weight excluding hydrogens is 184 g/mol. The zero-order valence-corrected chi connectivity index (χ0v) is 8.00. The molecule has 1 rings (SSSR count). The molecule has 0 fully saturated rings. The molecule has 0 bridgehead atoms. The molecule has 1 amide bonds. The number of amides is 1. The van der Waals surface area contributed by atoms with Crippen LogP contribution in [0.2, 0.25) is 0 Å². The van der Waals surface area contributed by atoms with Crippen molar-refractivity contribution in [1.29, 1.82) is 0 Å². The van der Waals surface area contributed by atoms with Crippen LogP contribution < -0.4 is 11.3 Å². The van der Waals surface area contributed by atoms with Crippen molar-refractivity contribution in [2.24, 2.45) is 5.73 Å². The van der Waals surface area contributed by atoms with E-state index >= 15 is 0 Å². The summed E-state index contributed by atoms with van der Waals surface area (Å²) in [6.07, 6.45) is 0. The van der Waals surface area contributed by atoms with Crippen LogP contribution in [-0.2, 0) is 6.54 Å². The molecule has 0 saturated carbocycles. The first-order chi connectivity index (χ1) is 6.49. The number of hydrogen-bond acceptors (Lipinski definition) is 3. The molecule has 0 aliphatic rings. The molecule has 1 aromatic heterocycles. The minimum atomic E-state index is -0.800. The fourth-order valence-electron chi connectivity index (χ4n) is 1.27. The molecule has 0 unspecified atom stereocenters. The summed E-state index contributed by atoms with van der Waals surface area (Å²) >= 11 is 0. The van der Waals surface area contributed by atoms with Crippen LogP contribution in [0.5, 0.6) is 5.88 Å². The predicted octanol–water partition coefficient (Wildman–Crippen LogP) is -0.219. The van der Waals surface area contributed by atoms with E-state index in [1.165, 1.54) is 6.92 Å². The Morgan fingerprint density at radius 2 is 2.21 bits per heavy atom. The van der Waals surface area contributed by atoms with Gasteiger partial charge in [-0.25, -0.2) is 0 Å². The van der Waals surface area contributed by atoms with Gasteiger partial charge in [0.25, 0.3) is 11.5 Å². The molecule has 0 saturated heterocycles. The summed E-state index contributed by atoms with van der Waals surface area (Å²) in [7, 11) is 0. The molecule has 0 aliphatic carbocycles. The maximum absolute atomic E-state index is 11.6. The third-order valence-corrected chi connectivity index (χ3v) is 1.95. The molecule has 1 aromatic rings. The summed E-state index contributed by atoms with van der Waals surface area (Å²) < 4.78 is 1.03. The van der Waals surface area contributed by atoms with Gasteiger partial charge >= 0.3 is 0 Å². The normalized spacial score (nSPS) is 10.1. The number of nitrogens with two attached hydrogens (primary N) is 1. The topological polar surface area (TPSA) is 85.3 Å². The van der Waals surface area contributed by atoms with Gasteiger partial charge in [-0.2, -0.15) is 0 Å². The van der Waals surface area contributed by atoms with E-state index in [0.29, 0.717) is 0 Å². The molecule has 75 valence electrons. The molecule has 5 heteroatoms. The first-order valence-corrected chi connectivity index (χ1v) is 4.14. The van der Waals surface area contributed by atoms with Gasteiger partial charge in [-0.15, -0.1) is 0 Å². The minimum Gasteiger partial charge on any atom is -0.494 e. The first kappa shape index (κ1) is 10.3. The number of aromatic nitrogens is 1. The number of carbonyl (C=O) groups is 1. The average Bonchev–Trinajstić information content (AvgIpc) is 2.02. The van der Waals surface area contributed by atoms with Gasteiger partial charge in [-0.1, -0.05) is 0 Å². The summed E-state index contributed by atoms with van der Waals surface area (Å²) in [5.74, 6) is -1.08. The lowest BCUT2D eigenvalue weighted by Gasteiger charge is -2.08. The highest BCUT2D eigenvalue weighted by Crippen LogP contribution is 2.10. The Kier molecular flexibility index (Phi) is 2.60. The monoisotopic (exact) mass is 195 g/mol. The van der Waals surface area contributed by atoms with Crippen molar-refractivity contribution in [3.05, 3.63) is 27.5 Å². The van der Waals surface area contributed by atoms with Gasteiger partial charge in [0.2, 0.25) is 5.88 Å². The standard InChI is InChI=1S/C9H11N2O3/c1-3-11-6(12)4-5(2)7(8(10)13)9(11)14/h12H,3H2,1-2H3,(H2,10,13). The number of carbonyl (C=O) groups excluding carboxylic acids is 1. The largest absolute Gasteiger partial charge is 0.494 e. The molecule has 0 atom stereocenters. The SMILES string of the molecule is CCn1c(O)[c]c(C)c(C(N)=O)c1=O. The van der Waals surface area contributed by atoms with Crippen molar-refractivity contribution in [3.63, 3.8) is 0 Å². The fraction of sp³-hybridized carbons (Fsp3) is 0.333. The van der Waals surface area contributed by atoms with E-state index in [-0.39, 0.29) is 23.6 Å². The van der Waals surface area contributed by atoms with E-state index in [2.05, 4.69) is 6.07 Å². The highest BCUT2D eigenvalue weighted by atomic mass is 16.3. The summed E-state index contributed by atoms with van der Waals surface area (Å²) in [6.45, 7) is 3.44. The van der Waals surface area contributed by atoms with E-state index in [1.807, 2.05) is 0 Å². The van der Waals surface area contributed by atoms with E-state index in [9.17, 15) is 14.7 Å². The Bertz CT molecular complexity index is 434. The van der Waals surface area contributed by atoms with Gasteiger partial charge in [0, 0.05) is 6.54 Å². The van der Waals surface area contributed by atoms with E-state index < -0.39 is 11.5 Å². The molecule has 5 nitrogen and oxygen atoms in total. The van der Waals surface area contributed by atoms with Crippen molar-refractivity contribution in [3.8, 4) is 5.88 Å². The van der Waals surface area contributed by atoms with Gasteiger partial charge in [0.15, 0.2) is 0 Å². The van der Waals surface area contributed by atoms with Crippen LogP contribution in [0.4, 0.5) is 0 Å². The quantitative estimate of drug-likeness (QED) is 0.684. The predicted molar refractivity (Wildman–Crippen MR) is 50.1 cm³/mol. The molecule has 1 heterocycles. The number of hydrogen-bond donors (Lipinski definition) is 2. The molecule has 0 aliphatic heterocycles. The zero-order valence-electron chi connectivity index (χ0n) is 8.00. The number of aryl methyl sites for hydroxylation is 1. The van der Waals surface area contributed by atoms with Gasteiger partial charge < -0.3 is 10.8 Å². The highest BCUT2D eigenvalue weighted by Gasteiger charge is 2.15. The van der Waals surface area contributed by atoms with E-state index in [4.69, 9.17) is 5.73 Å². The Morgan fingerprint density at radius 1 is 1.64 bits per heavy atom. The number of pyridine rings is 1. The molecular formula is C9H11N2O3. The Morgan fingerprint density at radius 3 is 2.64 bits per heavy atom. The van der Waals surface area contributed by atoms with Gasteiger partial charge in [-0.05, 0) is 19.4 Å². The van der Waals surface area contributed by atoms with Crippen molar-refractivity contribution in [2.75, 3.05) is 0 Å².